The molecular weight excluding hydrogens is 340 g/mol. The van der Waals surface area contributed by atoms with Gasteiger partial charge in [-0.3, -0.25) is 9.69 Å². The van der Waals surface area contributed by atoms with E-state index in [1.807, 2.05) is 0 Å². The summed E-state index contributed by atoms with van der Waals surface area (Å²) in [5.74, 6) is 0.721. The summed E-state index contributed by atoms with van der Waals surface area (Å²) in [4.78, 5) is 16.7. The highest BCUT2D eigenvalue weighted by molar-refractivity contribution is 5.66. The van der Waals surface area contributed by atoms with Crippen molar-refractivity contribution in [3.05, 3.63) is 47.9 Å². The van der Waals surface area contributed by atoms with Gasteiger partial charge in [0.05, 0.1) is 7.11 Å². The Hall–Kier alpha value is -2.01. The van der Waals surface area contributed by atoms with Gasteiger partial charge < -0.3 is 14.4 Å². The number of allylic oxidation sites excluding steroid dienone is 3. The lowest BCUT2D eigenvalue weighted by Gasteiger charge is -2.52. The van der Waals surface area contributed by atoms with Gasteiger partial charge in [0.1, 0.15) is 11.9 Å². The molecule has 4 rings (SSSR count). The van der Waals surface area contributed by atoms with Gasteiger partial charge in [-0.05, 0) is 25.5 Å². The SMILES string of the molecule is C=C(/C=C1\C(=C/C)C23CCN4CC=CC(C(OC(C)=O)CC2N1C)C43)OC. The summed E-state index contributed by atoms with van der Waals surface area (Å²) in [6.07, 6.45) is 10.8. The van der Waals surface area contributed by atoms with Crippen LogP contribution in [-0.2, 0) is 14.3 Å². The van der Waals surface area contributed by atoms with Crippen LogP contribution in [-0.4, -0.2) is 61.2 Å². The van der Waals surface area contributed by atoms with Crippen LogP contribution in [0.2, 0.25) is 0 Å². The van der Waals surface area contributed by atoms with Crippen LogP contribution in [0.4, 0.5) is 0 Å². The van der Waals surface area contributed by atoms with Crippen LogP contribution < -0.4 is 0 Å². The van der Waals surface area contributed by atoms with E-state index in [2.05, 4.69) is 54.7 Å². The maximum atomic E-state index is 11.8. The zero-order valence-corrected chi connectivity index (χ0v) is 16.8. The van der Waals surface area contributed by atoms with Crippen molar-refractivity contribution in [2.75, 3.05) is 27.2 Å². The number of hydrogen-bond acceptors (Lipinski definition) is 5. The first kappa shape index (κ1) is 18.4. The Labute approximate surface area is 162 Å². The van der Waals surface area contributed by atoms with Gasteiger partial charge in [-0.1, -0.05) is 24.8 Å². The Balaban J connectivity index is 1.84. The minimum absolute atomic E-state index is 0.0649. The minimum atomic E-state index is -0.188. The predicted molar refractivity (Wildman–Crippen MR) is 105 cm³/mol. The Morgan fingerprint density at radius 1 is 1.44 bits per heavy atom. The first-order valence-electron chi connectivity index (χ1n) is 9.86. The van der Waals surface area contributed by atoms with Crippen molar-refractivity contribution in [2.24, 2.45) is 11.3 Å². The molecule has 0 N–H and O–H groups in total. The van der Waals surface area contributed by atoms with Crippen molar-refractivity contribution in [1.29, 1.82) is 0 Å². The van der Waals surface area contributed by atoms with E-state index in [4.69, 9.17) is 9.47 Å². The van der Waals surface area contributed by atoms with Gasteiger partial charge in [0.25, 0.3) is 0 Å². The first-order valence-corrected chi connectivity index (χ1v) is 9.86. The van der Waals surface area contributed by atoms with Crippen LogP contribution >= 0.6 is 0 Å². The summed E-state index contributed by atoms with van der Waals surface area (Å²) in [6.45, 7) is 9.72. The minimum Gasteiger partial charge on any atom is -0.497 e. The second kappa shape index (κ2) is 6.55. The second-order valence-corrected chi connectivity index (χ2v) is 8.15. The van der Waals surface area contributed by atoms with Crippen molar-refractivity contribution in [3.8, 4) is 0 Å². The first-order chi connectivity index (χ1) is 12.9. The Bertz CT molecular complexity index is 753. The second-order valence-electron chi connectivity index (χ2n) is 8.15. The van der Waals surface area contributed by atoms with Gasteiger partial charge in [0, 0.05) is 62.1 Å². The quantitative estimate of drug-likeness (QED) is 0.434. The lowest BCUT2D eigenvalue weighted by Crippen LogP contribution is -2.60. The number of ether oxygens (including phenoxy) is 2. The molecule has 1 spiro atoms. The molecule has 3 aliphatic heterocycles. The van der Waals surface area contributed by atoms with Gasteiger partial charge in [-0.2, -0.15) is 0 Å². The fourth-order valence-electron chi connectivity index (χ4n) is 6.19. The molecule has 5 unspecified atom stereocenters. The molecule has 0 radical (unpaired) electrons. The topological polar surface area (TPSA) is 42.0 Å². The molecule has 1 aliphatic carbocycles. The number of methoxy groups -OCH3 is 1. The number of nitrogens with zero attached hydrogens (tertiary/aromatic N) is 2. The number of likely N-dealkylation sites (N-methyl/N-ethyl adjacent to an activating group) is 1. The molecule has 1 saturated carbocycles. The zero-order chi connectivity index (χ0) is 19.3. The monoisotopic (exact) mass is 370 g/mol. The van der Waals surface area contributed by atoms with Crippen LogP contribution in [0.15, 0.2) is 47.9 Å². The largest absolute Gasteiger partial charge is 0.497 e. The molecule has 0 aromatic heterocycles. The average molecular weight is 370 g/mol. The van der Waals surface area contributed by atoms with E-state index in [0.29, 0.717) is 17.8 Å². The predicted octanol–water partition coefficient (Wildman–Crippen LogP) is 2.87. The van der Waals surface area contributed by atoms with E-state index >= 15 is 0 Å². The molecule has 0 amide bonds. The van der Waals surface area contributed by atoms with E-state index in [1.165, 1.54) is 18.2 Å². The van der Waals surface area contributed by atoms with Crippen LogP contribution in [0.5, 0.6) is 0 Å². The molecular formula is C22H30N2O3. The third-order valence-corrected chi connectivity index (χ3v) is 7.07. The standard InChI is InChI=1S/C22H30N2O3/c1-6-17-18(12-14(2)26-5)23(4)20-13-19(27-15(3)25)16-8-7-10-24-11-9-22(17,20)21(16)24/h6-8,12,16,19-21H,2,9-11,13H2,1,3-5H3/b17-6+,18-12+. The highest BCUT2D eigenvalue weighted by Gasteiger charge is 2.66. The summed E-state index contributed by atoms with van der Waals surface area (Å²) >= 11 is 0. The molecule has 5 atom stereocenters. The maximum Gasteiger partial charge on any atom is 0.302 e. The van der Waals surface area contributed by atoms with Crippen LogP contribution in [0, 0.1) is 11.3 Å². The van der Waals surface area contributed by atoms with Crippen molar-refractivity contribution >= 4 is 5.97 Å². The van der Waals surface area contributed by atoms with Gasteiger partial charge in [0.15, 0.2) is 0 Å². The number of likely N-dealkylation sites (tertiary alicyclic amines) is 1. The normalized spacial score (nSPS) is 40.2. The molecule has 3 heterocycles. The van der Waals surface area contributed by atoms with Gasteiger partial charge in [0.2, 0.25) is 0 Å². The Morgan fingerprint density at radius 3 is 2.89 bits per heavy atom. The summed E-state index contributed by atoms with van der Waals surface area (Å²) < 4.78 is 11.2. The van der Waals surface area contributed by atoms with Crippen LogP contribution in [0.1, 0.15) is 26.7 Å². The molecule has 146 valence electrons. The zero-order valence-electron chi connectivity index (χ0n) is 16.8. The third kappa shape index (κ3) is 2.51. The highest BCUT2D eigenvalue weighted by atomic mass is 16.5. The average Bonchev–Trinajstić information content (AvgIpc) is 3.13. The summed E-state index contributed by atoms with van der Waals surface area (Å²) in [6, 6.07) is 0.669. The number of hydrogen-bond donors (Lipinski definition) is 0. The smallest absolute Gasteiger partial charge is 0.302 e. The van der Waals surface area contributed by atoms with E-state index < -0.39 is 0 Å². The van der Waals surface area contributed by atoms with Crippen molar-refractivity contribution in [1.82, 2.24) is 9.80 Å². The molecule has 27 heavy (non-hydrogen) atoms. The number of esters is 1. The van der Waals surface area contributed by atoms with Crippen LogP contribution in [0.25, 0.3) is 0 Å². The fourth-order valence-corrected chi connectivity index (χ4v) is 6.19. The molecule has 0 aromatic rings. The molecule has 0 aromatic carbocycles. The van der Waals surface area contributed by atoms with E-state index in [0.717, 1.165) is 25.9 Å². The van der Waals surface area contributed by atoms with E-state index in [1.54, 1.807) is 7.11 Å². The molecule has 3 fully saturated rings. The van der Waals surface area contributed by atoms with Gasteiger partial charge in [-0.25, -0.2) is 0 Å². The van der Waals surface area contributed by atoms with Crippen molar-refractivity contribution in [3.63, 3.8) is 0 Å². The number of carbonyl (C=O) groups is 1. The lowest BCUT2D eigenvalue weighted by atomic mass is 9.59. The van der Waals surface area contributed by atoms with Gasteiger partial charge >= 0.3 is 5.97 Å². The number of carbonyl (C=O) groups excluding carboxylic acids is 1. The summed E-state index contributed by atoms with van der Waals surface area (Å²) in [5.41, 5.74) is 2.64. The Kier molecular flexibility index (Phi) is 4.46. The maximum absolute atomic E-state index is 11.8. The molecule has 4 aliphatic rings. The summed E-state index contributed by atoms with van der Waals surface area (Å²) in [5, 5.41) is 0. The number of rotatable bonds is 3. The molecule has 5 nitrogen and oxygen atoms in total. The van der Waals surface area contributed by atoms with Gasteiger partial charge in [-0.15, -0.1) is 0 Å². The fraction of sp³-hybridized carbons (Fsp3) is 0.591. The molecule has 5 heteroatoms. The van der Waals surface area contributed by atoms with Crippen LogP contribution in [0.3, 0.4) is 0 Å². The Morgan fingerprint density at radius 2 is 2.22 bits per heavy atom. The van der Waals surface area contributed by atoms with E-state index in [9.17, 15) is 4.79 Å². The molecule has 0 bridgehead atoms. The van der Waals surface area contributed by atoms with Crippen molar-refractivity contribution < 1.29 is 14.3 Å². The third-order valence-electron chi connectivity index (χ3n) is 7.07. The van der Waals surface area contributed by atoms with E-state index in [-0.39, 0.29) is 23.4 Å². The summed E-state index contributed by atoms with van der Waals surface area (Å²) in [7, 11) is 3.81. The highest BCUT2D eigenvalue weighted by Crippen LogP contribution is 2.62. The molecule has 2 saturated heterocycles. The van der Waals surface area contributed by atoms with Crippen molar-refractivity contribution in [2.45, 2.75) is 44.9 Å². The lowest BCUT2D eigenvalue weighted by molar-refractivity contribution is -0.155.